The molecule has 1 aromatic carbocycles. The lowest BCUT2D eigenvalue weighted by Gasteiger charge is -2.32. The lowest BCUT2D eigenvalue weighted by atomic mass is 9.96. The maximum atomic E-state index is 11.5. The summed E-state index contributed by atoms with van der Waals surface area (Å²) in [6.07, 6.45) is 2.19. The normalized spacial score (nSPS) is 13.3. The van der Waals surface area contributed by atoms with Crippen molar-refractivity contribution >= 4 is 5.91 Å². The topological polar surface area (TPSA) is 63.8 Å². The summed E-state index contributed by atoms with van der Waals surface area (Å²) in [5.41, 5.74) is 1.21. The average molecular weight is 264 g/mol. The number of rotatable bonds is 6. The van der Waals surface area contributed by atoms with Gasteiger partial charge in [-0.1, -0.05) is 43.8 Å². The van der Waals surface area contributed by atoms with Crippen LogP contribution in [0.4, 0.5) is 0 Å². The molecule has 0 heterocycles. The second-order valence-corrected chi connectivity index (χ2v) is 4.55. The second kappa shape index (κ2) is 8.45. The van der Waals surface area contributed by atoms with Crippen molar-refractivity contribution in [3.63, 3.8) is 0 Å². The summed E-state index contributed by atoms with van der Waals surface area (Å²) in [6.45, 7) is 5.58. The van der Waals surface area contributed by atoms with Crippen LogP contribution >= 0.6 is 0 Å². The van der Waals surface area contributed by atoms with Gasteiger partial charge < -0.3 is 15.7 Å². The summed E-state index contributed by atoms with van der Waals surface area (Å²) in [6, 6.07) is 10.5. The van der Waals surface area contributed by atoms with Crippen LogP contribution in [0.5, 0.6) is 0 Å². The predicted molar refractivity (Wildman–Crippen MR) is 78.9 cm³/mol. The molecule has 0 fully saturated rings. The first-order valence-corrected chi connectivity index (χ1v) is 6.24. The van der Waals surface area contributed by atoms with Gasteiger partial charge in [-0.25, -0.2) is 0 Å². The highest BCUT2D eigenvalue weighted by molar-refractivity contribution is 5.87. The van der Waals surface area contributed by atoms with Crippen LogP contribution in [0.2, 0.25) is 0 Å². The Kier molecular flexibility index (Phi) is 7.72. The van der Waals surface area contributed by atoms with Crippen LogP contribution in [-0.4, -0.2) is 36.4 Å². The van der Waals surface area contributed by atoms with Crippen molar-refractivity contribution < 1.29 is 10.3 Å². The minimum absolute atomic E-state index is 0. The molecule has 4 heteroatoms. The number of benzene rings is 1. The zero-order valence-corrected chi connectivity index (χ0v) is 11.9. The average Bonchev–Trinajstić information content (AvgIpc) is 2.38. The number of likely N-dealkylation sites (N-methyl/N-ethyl adjacent to an activating group) is 1. The molecule has 2 unspecified atom stereocenters. The molecule has 1 amide bonds. The Balaban J connectivity index is 0.00000324. The van der Waals surface area contributed by atoms with Crippen LogP contribution in [0.3, 0.4) is 0 Å². The van der Waals surface area contributed by atoms with Crippen LogP contribution in [0.1, 0.15) is 24.9 Å². The van der Waals surface area contributed by atoms with Gasteiger partial charge in [0.25, 0.3) is 0 Å². The van der Waals surface area contributed by atoms with Crippen molar-refractivity contribution in [2.45, 2.75) is 25.4 Å². The Hall–Kier alpha value is -1.65. The van der Waals surface area contributed by atoms with Gasteiger partial charge in [-0.3, -0.25) is 4.79 Å². The zero-order valence-electron chi connectivity index (χ0n) is 11.9. The van der Waals surface area contributed by atoms with Gasteiger partial charge in [-0.15, -0.1) is 0 Å². The summed E-state index contributed by atoms with van der Waals surface area (Å²) < 4.78 is 0. The molecule has 106 valence electrons. The van der Waals surface area contributed by atoms with Gasteiger partial charge in [0.2, 0.25) is 5.91 Å². The number of hydrogen-bond acceptors (Lipinski definition) is 2. The number of carbonyl (C=O) groups is 1. The van der Waals surface area contributed by atoms with E-state index in [9.17, 15) is 4.79 Å². The summed E-state index contributed by atoms with van der Waals surface area (Å²) >= 11 is 0. The van der Waals surface area contributed by atoms with Gasteiger partial charge in [-0.05, 0) is 32.2 Å². The van der Waals surface area contributed by atoms with Gasteiger partial charge in [-0.2, -0.15) is 0 Å². The third-order valence-electron chi connectivity index (χ3n) is 3.03. The molecule has 0 bridgehead atoms. The highest BCUT2D eigenvalue weighted by Gasteiger charge is 2.24. The molecule has 0 saturated heterocycles. The maximum Gasteiger partial charge on any atom is 0.243 e. The third kappa shape index (κ3) is 4.85. The Labute approximate surface area is 115 Å². The Morgan fingerprint density at radius 2 is 1.95 bits per heavy atom. The van der Waals surface area contributed by atoms with Crippen LogP contribution in [0.15, 0.2) is 43.0 Å². The van der Waals surface area contributed by atoms with E-state index in [4.69, 9.17) is 0 Å². The number of hydrogen-bond donors (Lipinski definition) is 1. The van der Waals surface area contributed by atoms with Crippen molar-refractivity contribution in [1.29, 1.82) is 0 Å². The maximum absolute atomic E-state index is 11.5. The number of carbonyl (C=O) groups excluding carboxylic acids is 1. The highest BCUT2D eigenvalue weighted by Crippen LogP contribution is 2.23. The van der Waals surface area contributed by atoms with E-state index >= 15 is 0 Å². The van der Waals surface area contributed by atoms with E-state index in [0.29, 0.717) is 0 Å². The van der Waals surface area contributed by atoms with Crippen LogP contribution < -0.4 is 5.32 Å². The number of amides is 1. The van der Waals surface area contributed by atoms with E-state index in [2.05, 4.69) is 35.9 Å². The molecule has 0 spiro atoms. The highest BCUT2D eigenvalue weighted by atomic mass is 16.1. The smallest absolute Gasteiger partial charge is 0.243 e. The van der Waals surface area contributed by atoms with E-state index in [0.717, 1.165) is 6.42 Å². The predicted octanol–water partition coefficient (Wildman–Crippen LogP) is 1.55. The molecule has 0 aromatic heterocycles. The minimum Gasteiger partial charge on any atom is -0.412 e. The van der Waals surface area contributed by atoms with Crippen molar-refractivity contribution in [2.24, 2.45) is 0 Å². The molecule has 0 saturated carbocycles. The summed E-state index contributed by atoms with van der Waals surface area (Å²) in [5, 5.41) is 3.00. The van der Waals surface area contributed by atoms with Gasteiger partial charge in [0, 0.05) is 6.04 Å². The van der Waals surface area contributed by atoms with Gasteiger partial charge in [0.15, 0.2) is 0 Å². The summed E-state index contributed by atoms with van der Waals surface area (Å²) in [4.78, 5) is 13.6. The van der Waals surface area contributed by atoms with Crippen molar-refractivity contribution in [3.05, 3.63) is 48.6 Å². The molecule has 0 aliphatic carbocycles. The summed E-state index contributed by atoms with van der Waals surface area (Å²) in [5.74, 6) is -0.121. The molecule has 1 aromatic rings. The monoisotopic (exact) mass is 264 g/mol. The molecule has 4 nitrogen and oxygen atoms in total. The SMILES string of the molecule is C=CC(=O)NC(CC)C(c1ccccc1)N(C)C.O. The van der Waals surface area contributed by atoms with Crippen molar-refractivity contribution in [1.82, 2.24) is 10.2 Å². The largest absolute Gasteiger partial charge is 0.412 e. The Morgan fingerprint density at radius 3 is 2.37 bits per heavy atom. The quantitative estimate of drug-likeness (QED) is 0.792. The van der Waals surface area contributed by atoms with E-state index in [1.54, 1.807) is 0 Å². The van der Waals surface area contributed by atoms with Crippen LogP contribution in [0.25, 0.3) is 0 Å². The molecule has 0 aliphatic rings. The molecule has 2 atom stereocenters. The fourth-order valence-electron chi connectivity index (χ4n) is 2.19. The Bertz CT molecular complexity index is 390. The molecule has 19 heavy (non-hydrogen) atoms. The second-order valence-electron chi connectivity index (χ2n) is 4.55. The first-order chi connectivity index (χ1) is 8.60. The van der Waals surface area contributed by atoms with Gasteiger partial charge >= 0.3 is 0 Å². The van der Waals surface area contributed by atoms with Crippen molar-refractivity contribution in [2.75, 3.05) is 14.1 Å². The molecule has 0 radical (unpaired) electrons. The zero-order chi connectivity index (χ0) is 13.5. The standard InChI is InChI=1S/C15H22N2O.H2O/c1-5-13(16-14(18)6-2)15(17(3)4)12-10-8-7-9-11-12;/h6-11,13,15H,2,5H2,1,3-4H3,(H,16,18);1H2. The molecule has 1 rings (SSSR count). The number of nitrogens with one attached hydrogen (secondary N) is 1. The van der Waals surface area contributed by atoms with E-state index in [1.165, 1.54) is 11.6 Å². The first-order valence-electron chi connectivity index (χ1n) is 6.24. The Morgan fingerprint density at radius 1 is 1.37 bits per heavy atom. The van der Waals surface area contributed by atoms with Gasteiger partial charge in [0.05, 0.1) is 6.04 Å². The van der Waals surface area contributed by atoms with E-state index in [1.807, 2.05) is 32.3 Å². The minimum atomic E-state index is -0.121. The number of nitrogens with zero attached hydrogens (tertiary/aromatic N) is 1. The lowest BCUT2D eigenvalue weighted by Crippen LogP contribution is -2.43. The first kappa shape index (κ1) is 17.4. The molecular weight excluding hydrogens is 240 g/mol. The lowest BCUT2D eigenvalue weighted by molar-refractivity contribution is -0.117. The van der Waals surface area contributed by atoms with Crippen LogP contribution in [-0.2, 0) is 4.79 Å². The van der Waals surface area contributed by atoms with E-state index < -0.39 is 0 Å². The third-order valence-corrected chi connectivity index (χ3v) is 3.03. The van der Waals surface area contributed by atoms with Crippen molar-refractivity contribution in [3.8, 4) is 0 Å². The molecular formula is C15H24N2O2. The van der Waals surface area contributed by atoms with E-state index in [-0.39, 0.29) is 23.5 Å². The fourth-order valence-corrected chi connectivity index (χ4v) is 2.19. The van der Waals surface area contributed by atoms with Crippen LogP contribution in [0, 0.1) is 0 Å². The van der Waals surface area contributed by atoms with Gasteiger partial charge in [0.1, 0.15) is 0 Å². The molecule has 3 N–H and O–H groups in total. The fraction of sp³-hybridized carbons (Fsp3) is 0.400. The summed E-state index contributed by atoms with van der Waals surface area (Å²) in [7, 11) is 4.06. The molecule has 0 aliphatic heterocycles.